The van der Waals surface area contributed by atoms with Crippen LogP contribution in [-0.4, -0.2) is 34.3 Å². The van der Waals surface area contributed by atoms with Crippen LogP contribution in [0.25, 0.3) is 0 Å². The Kier molecular flexibility index (Phi) is 4.90. The Morgan fingerprint density at radius 1 is 1.04 bits per heavy atom. The van der Waals surface area contributed by atoms with Crippen LogP contribution in [0.1, 0.15) is 31.9 Å². The fourth-order valence-corrected chi connectivity index (χ4v) is 2.92. The predicted octanol–water partition coefficient (Wildman–Crippen LogP) is 3.72. The summed E-state index contributed by atoms with van der Waals surface area (Å²) in [5.41, 5.74) is -0.287. The molecule has 140 valence electrons. The molecule has 0 radical (unpaired) electrons. The summed E-state index contributed by atoms with van der Waals surface area (Å²) in [4.78, 5) is 14.7. The van der Waals surface area contributed by atoms with Crippen molar-refractivity contribution in [2.75, 3.05) is 11.4 Å². The largest absolute Gasteiger partial charge is 0.371 e. The molecule has 4 nitrogen and oxygen atoms in total. The number of aliphatic hydroxyl groups excluding tert-OH is 1. The third-order valence-corrected chi connectivity index (χ3v) is 4.27. The van der Waals surface area contributed by atoms with E-state index in [0.29, 0.717) is 5.56 Å². The molecular weight excluding hydrogens is 350 g/mol. The second-order valence-corrected chi connectivity index (χ2v) is 7.32. The summed E-state index contributed by atoms with van der Waals surface area (Å²) in [6, 6.07) is 10.5. The number of carbonyl (C=O) groups is 1. The number of hydrogen-bond donors (Lipinski definition) is 1. The van der Waals surface area contributed by atoms with E-state index in [-0.39, 0.29) is 12.1 Å². The average molecular weight is 370 g/mol. The van der Waals surface area contributed by atoms with Gasteiger partial charge in [0.05, 0.1) is 6.54 Å². The number of aliphatic hydroxyl groups is 1. The summed E-state index contributed by atoms with van der Waals surface area (Å²) in [5.74, 6) is 3.64. The highest BCUT2D eigenvalue weighted by Crippen LogP contribution is 2.33. The summed E-state index contributed by atoms with van der Waals surface area (Å²) in [7, 11) is 0. The van der Waals surface area contributed by atoms with E-state index in [1.807, 2.05) is 18.2 Å². The van der Waals surface area contributed by atoms with Crippen molar-refractivity contribution in [2.24, 2.45) is 0 Å². The molecule has 1 fully saturated rings. The topological polar surface area (TPSA) is 43.8 Å². The lowest BCUT2D eigenvalue weighted by atomic mass is 10.1. The molecule has 0 aliphatic carbocycles. The molecule has 0 saturated carbocycles. The lowest BCUT2D eigenvalue weighted by molar-refractivity contribution is 0.136. The van der Waals surface area contributed by atoms with Gasteiger partial charge in [0.15, 0.2) is 17.9 Å². The number of hydrogen-bond acceptors (Lipinski definition) is 2. The molecule has 2 amide bonds. The van der Waals surface area contributed by atoms with Crippen molar-refractivity contribution in [3.05, 3.63) is 65.2 Å². The van der Waals surface area contributed by atoms with Crippen LogP contribution in [-0.2, 0) is 0 Å². The van der Waals surface area contributed by atoms with E-state index in [0.717, 1.165) is 17.0 Å². The molecule has 1 heterocycles. The molecule has 0 spiro atoms. The normalized spacial score (nSPS) is 17.1. The molecule has 1 saturated heterocycles. The minimum atomic E-state index is -1.33. The molecule has 27 heavy (non-hydrogen) atoms. The van der Waals surface area contributed by atoms with Gasteiger partial charge in [-0.1, -0.05) is 30.0 Å². The van der Waals surface area contributed by atoms with E-state index >= 15 is 0 Å². The van der Waals surface area contributed by atoms with Gasteiger partial charge in [0.2, 0.25) is 0 Å². The monoisotopic (exact) mass is 370 g/mol. The summed E-state index contributed by atoms with van der Waals surface area (Å²) < 4.78 is 29.3. The predicted molar refractivity (Wildman–Crippen MR) is 99.1 cm³/mol. The van der Waals surface area contributed by atoms with Gasteiger partial charge in [-0.3, -0.25) is 4.90 Å². The number of urea groups is 1. The van der Waals surface area contributed by atoms with E-state index in [2.05, 4.69) is 11.8 Å². The molecule has 1 aliphatic rings. The molecule has 0 bridgehead atoms. The maximum Gasteiger partial charge on any atom is 0.327 e. The zero-order valence-corrected chi connectivity index (χ0v) is 15.3. The first-order valence-electron chi connectivity index (χ1n) is 8.53. The molecule has 2 aromatic rings. The zero-order chi connectivity index (χ0) is 19.8. The van der Waals surface area contributed by atoms with Gasteiger partial charge in [0, 0.05) is 16.7 Å². The van der Waals surface area contributed by atoms with Crippen molar-refractivity contribution in [3.8, 4) is 11.8 Å². The van der Waals surface area contributed by atoms with Gasteiger partial charge in [-0.2, -0.15) is 0 Å². The van der Waals surface area contributed by atoms with Crippen LogP contribution in [0.15, 0.2) is 42.5 Å². The fraction of sp³-hybridized carbons (Fsp3) is 0.286. The first-order chi connectivity index (χ1) is 12.7. The third-order valence-electron chi connectivity index (χ3n) is 4.27. The first kappa shape index (κ1) is 18.9. The maximum atomic E-state index is 14.6. The Morgan fingerprint density at radius 3 is 2.11 bits per heavy atom. The highest BCUT2D eigenvalue weighted by atomic mass is 19.1. The quantitative estimate of drug-likeness (QED) is 0.778. The lowest BCUT2D eigenvalue weighted by Crippen LogP contribution is -2.44. The first-order valence-corrected chi connectivity index (χ1v) is 8.53. The van der Waals surface area contributed by atoms with Crippen LogP contribution in [0.4, 0.5) is 19.3 Å². The lowest BCUT2D eigenvalue weighted by Gasteiger charge is -2.31. The molecular formula is C21H20F2N2O2. The van der Waals surface area contributed by atoms with Gasteiger partial charge in [0.25, 0.3) is 0 Å². The fourth-order valence-electron chi connectivity index (χ4n) is 2.92. The van der Waals surface area contributed by atoms with Crippen LogP contribution in [0.2, 0.25) is 0 Å². The number of amides is 2. The minimum absolute atomic E-state index is 0.0310. The zero-order valence-electron chi connectivity index (χ0n) is 15.3. The number of anilines is 1. The molecule has 1 atom stereocenters. The molecule has 6 heteroatoms. The molecule has 1 aliphatic heterocycles. The Hall–Kier alpha value is -2.91. The summed E-state index contributed by atoms with van der Waals surface area (Å²) in [6.07, 6.45) is -1.33. The standard InChI is InChI=1S/C21H20F2N2O2/c1-21(2,3)24-13-18(26)25(20(24)27)19-16(22)11-15(12-17(19)23)10-9-14-7-5-4-6-8-14/h4-8,11-12,18,26H,13H2,1-3H3. The Labute approximate surface area is 157 Å². The van der Waals surface area contributed by atoms with Crippen LogP contribution in [0, 0.1) is 23.5 Å². The maximum absolute atomic E-state index is 14.6. The van der Waals surface area contributed by atoms with Crippen LogP contribution >= 0.6 is 0 Å². The number of nitrogens with zero attached hydrogens (tertiary/aromatic N) is 2. The SMILES string of the molecule is CC(C)(C)N1CC(O)N(c2c(F)cc(C#Cc3ccccc3)cc2F)C1=O. The van der Waals surface area contributed by atoms with Gasteiger partial charge in [-0.25, -0.2) is 13.6 Å². The molecule has 1 unspecified atom stereocenters. The summed E-state index contributed by atoms with van der Waals surface area (Å²) >= 11 is 0. The molecule has 1 N–H and O–H groups in total. The van der Waals surface area contributed by atoms with Crippen molar-refractivity contribution >= 4 is 11.7 Å². The van der Waals surface area contributed by atoms with Gasteiger partial charge >= 0.3 is 6.03 Å². The Bertz CT molecular complexity index is 904. The van der Waals surface area contributed by atoms with E-state index in [9.17, 15) is 18.7 Å². The Morgan fingerprint density at radius 2 is 1.59 bits per heavy atom. The van der Waals surface area contributed by atoms with Crippen molar-refractivity contribution < 1.29 is 18.7 Å². The van der Waals surface area contributed by atoms with Gasteiger partial charge in [0.1, 0.15) is 5.69 Å². The van der Waals surface area contributed by atoms with Gasteiger partial charge in [-0.05, 0) is 45.0 Å². The van der Waals surface area contributed by atoms with Crippen molar-refractivity contribution in [1.82, 2.24) is 4.90 Å². The van der Waals surface area contributed by atoms with E-state index in [4.69, 9.17) is 0 Å². The minimum Gasteiger partial charge on any atom is -0.371 e. The van der Waals surface area contributed by atoms with Gasteiger partial charge < -0.3 is 10.0 Å². The van der Waals surface area contributed by atoms with Crippen molar-refractivity contribution in [2.45, 2.75) is 32.5 Å². The molecule has 2 aromatic carbocycles. The number of benzene rings is 2. The Balaban J connectivity index is 1.94. The van der Waals surface area contributed by atoms with Crippen LogP contribution in [0.5, 0.6) is 0 Å². The highest BCUT2D eigenvalue weighted by molar-refractivity contribution is 5.95. The summed E-state index contributed by atoms with van der Waals surface area (Å²) in [6.45, 7) is 5.33. The van der Waals surface area contributed by atoms with E-state index < -0.39 is 35.1 Å². The highest BCUT2D eigenvalue weighted by Gasteiger charge is 2.44. The van der Waals surface area contributed by atoms with Crippen LogP contribution in [0.3, 0.4) is 0 Å². The number of carbonyl (C=O) groups excluding carboxylic acids is 1. The second kappa shape index (κ2) is 7.01. The van der Waals surface area contributed by atoms with Crippen molar-refractivity contribution in [3.63, 3.8) is 0 Å². The number of rotatable bonds is 1. The van der Waals surface area contributed by atoms with E-state index in [1.54, 1.807) is 32.9 Å². The van der Waals surface area contributed by atoms with Gasteiger partial charge in [-0.15, -0.1) is 0 Å². The third kappa shape index (κ3) is 3.79. The summed E-state index contributed by atoms with van der Waals surface area (Å²) in [5, 5.41) is 10.2. The van der Waals surface area contributed by atoms with E-state index in [1.165, 1.54) is 4.90 Å². The average Bonchev–Trinajstić information content (AvgIpc) is 2.89. The van der Waals surface area contributed by atoms with Crippen molar-refractivity contribution in [1.29, 1.82) is 0 Å². The smallest absolute Gasteiger partial charge is 0.327 e. The van der Waals surface area contributed by atoms with Crippen LogP contribution < -0.4 is 4.90 Å². The number of β-amino-alcohol motifs (C(OH)–C–C–N with tert-alkyl or cyclic N) is 1. The molecule has 3 rings (SSSR count). The number of halogens is 2. The second-order valence-electron chi connectivity index (χ2n) is 7.32. The molecule has 0 aromatic heterocycles.